The number of aliphatic hydroxyl groups excluding tert-OH is 1. The van der Waals surface area contributed by atoms with E-state index in [4.69, 9.17) is 9.84 Å². The summed E-state index contributed by atoms with van der Waals surface area (Å²) in [6, 6.07) is 8.69. The molecule has 1 spiro atoms. The van der Waals surface area contributed by atoms with Crippen molar-refractivity contribution in [2.24, 2.45) is 11.8 Å². The smallest absolute Gasteiger partial charge is 0.246 e. The van der Waals surface area contributed by atoms with Gasteiger partial charge in [-0.1, -0.05) is 50.3 Å². The van der Waals surface area contributed by atoms with E-state index >= 15 is 0 Å². The number of carbonyl (C=O) groups excluding carboxylic acids is 3. The lowest BCUT2D eigenvalue weighted by Crippen LogP contribution is -2.57. The van der Waals surface area contributed by atoms with E-state index in [1.807, 2.05) is 37.3 Å². The van der Waals surface area contributed by atoms with Crippen molar-refractivity contribution in [1.82, 2.24) is 10.2 Å². The van der Waals surface area contributed by atoms with Crippen LogP contribution in [0.15, 0.2) is 30.3 Å². The van der Waals surface area contributed by atoms with E-state index in [0.717, 1.165) is 51.4 Å². The number of fused-ring (bicyclic) bond motifs is 1. The van der Waals surface area contributed by atoms with Crippen LogP contribution in [0.25, 0.3) is 0 Å². The number of aliphatic hydroxyl groups is 1. The molecule has 0 radical (unpaired) electrons. The molecule has 202 valence electrons. The van der Waals surface area contributed by atoms with Crippen molar-refractivity contribution in [2.45, 2.75) is 101 Å². The monoisotopic (exact) mass is 511 g/mol. The lowest BCUT2D eigenvalue weighted by Gasteiger charge is -2.35. The minimum Gasteiger partial charge on any atom is -0.396 e. The molecule has 3 aliphatic heterocycles. The van der Waals surface area contributed by atoms with E-state index in [-0.39, 0.29) is 30.4 Å². The SMILES string of the molecule is C[C@]12CCC3(O1)C(C(=O)NC1CCCCC1)N(CCCCCCO)C(=O)[C@@H]3[C@H]2C(=O)Nc1ccccc1. The number of amides is 3. The van der Waals surface area contributed by atoms with Crippen LogP contribution >= 0.6 is 0 Å². The summed E-state index contributed by atoms with van der Waals surface area (Å²) in [5.74, 6) is -1.81. The van der Waals surface area contributed by atoms with Crippen LogP contribution in [0.4, 0.5) is 5.69 Å². The number of rotatable bonds is 10. The van der Waals surface area contributed by atoms with Crippen LogP contribution in [0.2, 0.25) is 0 Å². The maximum absolute atomic E-state index is 14.1. The molecule has 8 heteroatoms. The average molecular weight is 512 g/mol. The highest BCUT2D eigenvalue weighted by Gasteiger charge is 2.77. The van der Waals surface area contributed by atoms with Gasteiger partial charge in [0.05, 0.1) is 17.4 Å². The Morgan fingerprint density at radius 3 is 2.49 bits per heavy atom. The molecule has 8 nitrogen and oxygen atoms in total. The molecule has 1 aromatic carbocycles. The topological polar surface area (TPSA) is 108 Å². The Hall–Kier alpha value is -2.45. The molecule has 0 aromatic heterocycles. The van der Waals surface area contributed by atoms with Gasteiger partial charge in [-0.05, 0) is 57.6 Å². The van der Waals surface area contributed by atoms with Crippen molar-refractivity contribution in [3.8, 4) is 0 Å². The number of likely N-dealkylation sites (tertiary alicyclic amines) is 1. The molecule has 5 rings (SSSR count). The maximum Gasteiger partial charge on any atom is 0.246 e. The molecule has 1 saturated carbocycles. The van der Waals surface area contributed by atoms with Crippen LogP contribution in [0.3, 0.4) is 0 Å². The lowest BCUT2D eigenvalue weighted by atomic mass is 9.66. The van der Waals surface area contributed by atoms with E-state index in [9.17, 15) is 14.4 Å². The number of benzene rings is 1. The number of hydrogen-bond acceptors (Lipinski definition) is 5. The fraction of sp³-hybridized carbons (Fsp3) is 0.690. The summed E-state index contributed by atoms with van der Waals surface area (Å²) in [6.45, 7) is 2.54. The van der Waals surface area contributed by atoms with Gasteiger partial charge in [-0.2, -0.15) is 0 Å². The van der Waals surface area contributed by atoms with Crippen LogP contribution in [0, 0.1) is 11.8 Å². The first-order valence-electron chi connectivity index (χ1n) is 14.2. The van der Waals surface area contributed by atoms with Crippen LogP contribution in [-0.2, 0) is 19.1 Å². The first kappa shape index (κ1) is 26.2. The number of hydrogen-bond donors (Lipinski definition) is 3. The van der Waals surface area contributed by atoms with Gasteiger partial charge in [-0.25, -0.2) is 0 Å². The molecule has 37 heavy (non-hydrogen) atoms. The summed E-state index contributed by atoms with van der Waals surface area (Å²) in [7, 11) is 0. The Balaban J connectivity index is 1.41. The average Bonchev–Trinajstić information content (AvgIpc) is 3.46. The van der Waals surface area contributed by atoms with Gasteiger partial charge < -0.3 is 25.4 Å². The van der Waals surface area contributed by atoms with Crippen LogP contribution in [-0.4, -0.2) is 64.2 Å². The molecule has 3 heterocycles. The summed E-state index contributed by atoms with van der Waals surface area (Å²) in [5.41, 5.74) is -1.07. The van der Waals surface area contributed by atoms with Crippen LogP contribution < -0.4 is 10.6 Å². The van der Waals surface area contributed by atoms with Gasteiger partial charge >= 0.3 is 0 Å². The Kier molecular flexibility index (Phi) is 7.59. The Morgan fingerprint density at radius 2 is 1.76 bits per heavy atom. The highest BCUT2D eigenvalue weighted by molar-refractivity contribution is 6.02. The van der Waals surface area contributed by atoms with E-state index in [0.29, 0.717) is 25.1 Å². The molecule has 3 N–H and O–H groups in total. The predicted octanol–water partition coefficient (Wildman–Crippen LogP) is 3.39. The van der Waals surface area contributed by atoms with Crippen molar-refractivity contribution in [3.63, 3.8) is 0 Å². The third-order valence-electron chi connectivity index (χ3n) is 9.11. The fourth-order valence-electron chi connectivity index (χ4n) is 7.38. The second kappa shape index (κ2) is 10.7. The van der Waals surface area contributed by atoms with Crippen molar-refractivity contribution >= 4 is 23.4 Å². The molecule has 3 amide bonds. The van der Waals surface area contributed by atoms with Gasteiger partial charge in [0.1, 0.15) is 11.6 Å². The minimum atomic E-state index is -0.978. The van der Waals surface area contributed by atoms with Crippen LogP contribution in [0.1, 0.15) is 77.6 Å². The van der Waals surface area contributed by atoms with E-state index in [2.05, 4.69) is 10.6 Å². The van der Waals surface area contributed by atoms with Gasteiger partial charge in [0, 0.05) is 24.9 Å². The molecule has 5 atom stereocenters. The maximum atomic E-state index is 14.1. The third kappa shape index (κ3) is 4.78. The van der Waals surface area contributed by atoms with Crippen molar-refractivity contribution < 1.29 is 24.2 Å². The quantitative estimate of drug-likeness (QED) is 0.418. The molecule has 4 fully saturated rings. The Morgan fingerprint density at radius 1 is 1.03 bits per heavy atom. The van der Waals surface area contributed by atoms with Gasteiger partial charge in [0.2, 0.25) is 17.7 Å². The zero-order valence-corrected chi connectivity index (χ0v) is 21.9. The third-order valence-corrected chi connectivity index (χ3v) is 9.11. The number of carbonyl (C=O) groups is 3. The molecule has 2 bridgehead atoms. The second-order valence-corrected chi connectivity index (χ2v) is 11.6. The van der Waals surface area contributed by atoms with E-state index in [1.165, 1.54) is 6.42 Å². The number of nitrogens with zero attached hydrogens (tertiary/aromatic N) is 1. The van der Waals surface area contributed by atoms with E-state index in [1.54, 1.807) is 4.90 Å². The van der Waals surface area contributed by atoms with Gasteiger partial charge in [0.25, 0.3) is 0 Å². The Labute approximate surface area is 219 Å². The highest BCUT2D eigenvalue weighted by Crippen LogP contribution is 2.63. The highest BCUT2D eigenvalue weighted by atomic mass is 16.5. The number of ether oxygens (including phenoxy) is 1. The van der Waals surface area contributed by atoms with Crippen molar-refractivity contribution in [3.05, 3.63) is 30.3 Å². The number of para-hydroxylation sites is 1. The molecule has 1 aliphatic carbocycles. The number of nitrogens with one attached hydrogen (secondary N) is 2. The predicted molar refractivity (Wildman–Crippen MR) is 140 cm³/mol. The molecule has 2 unspecified atom stereocenters. The first-order valence-corrected chi connectivity index (χ1v) is 14.2. The molecular formula is C29H41N3O5. The number of unbranched alkanes of at least 4 members (excludes halogenated alkanes) is 3. The van der Waals surface area contributed by atoms with Crippen molar-refractivity contribution in [2.75, 3.05) is 18.5 Å². The second-order valence-electron chi connectivity index (χ2n) is 11.6. The van der Waals surface area contributed by atoms with Gasteiger partial charge in [-0.15, -0.1) is 0 Å². The Bertz CT molecular complexity index is 997. The molecule has 3 saturated heterocycles. The molecule has 1 aromatic rings. The minimum absolute atomic E-state index is 0.129. The standard InChI is InChI=1S/C29H41N3O5/c1-28-16-17-29(37-28)23(22(28)25(34)30-20-12-6-4-7-13-20)27(36)32(18-10-2-3-11-19-33)24(29)26(35)31-21-14-8-5-9-15-21/h4,6-7,12-13,21-24,33H,2-3,5,8-11,14-19H2,1H3,(H,30,34)(H,31,35)/t22-,23-,24?,28+,29?/m0/s1. The summed E-state index contributed by atoms with van der Waals surface area (Å²) in [6.07, 6.45) is 9.79. The zero-order chi connectivity index (χ0) is 26.0. The first-order chi connectivity index (χ1) is 17.9. The van der Waals surface area contributed by atoms with Gasteiger partial charge in [-0.3, -0.25) is 14.4 Å². The lowest BCUT2D eigenvalue weighted by molar-refractivity contribution is -0.145. The van der Waals surface area contributed by atoms with Gasteiger partial charge in [0.15, 0.2) is 0 Å². The van der Waals surface area contributed by atoms with E-state index < -0.39 is 29.1 Å². The summed E-state index contributed by atoms with van der Waals surface area (Å²) < 4.78 is 6.69. The van der Waals surface area contributed by atoms with Crippen LogP contribution in [0.5, 0.6) is 0 Å². The fourth-order valence-corrected chi connectivity index (χ4v) is 7.38. The number of anilines is 1. The largest absolute Gasteiger partial charge is 0.396 e. The summed E-state index contributed by atoms with van der Waals surface area (Å²) in [4.78, 5) is 43.3. The molecular weight excluding hydrogens is 470 g/mol. The van der Waals surface area contributed by atoms with Crippen molar-refractivity contribution in [1.29, 1.82) is 0 Å². The summed E-state index contributed by atoms with van der Waals surface area (Å²) in [5, 5.41) is 15.4. The molecule has 4 aliphatic rings. The zero-order valence-electron chi connectivity index (χ0n) is 21.9. The normalized spacial score (nSPS) is 33.0. The summed E-state index contributed by atoms with van der Waals surface area (Å²) >= 11 is 0.